The molecule has 0 fully saturated rings. The Hall–Kier alpha value is -0.820. The van der Waals surface area contributed by atoms with Crippen LogP contribution in [0.1, 0.15) is 37.8 Å². The molecule has 1 radical (unpaired) electrons. The zero-order chi connectivity index (χ0) is 8.81. The number of rotatable bonds is 4. The first-order valence-corrected chi connectivity index (χ1v) is 4.56. The van der Waals surface area contributed by atoms with Crippen molar-refractivity contribution in [2.24, 2.45) is 5.73 Å². The summed E-state index contributed by atoms with van der Waals surface area (Å²) in [6.07, 6.45) is 3.51. The molecule has 1 aromatic carbocycles. The molecule has 1 heteroatoms. The van der Waals surface area contributed by atoms with Crippen molar-refractivity contribution in [1.82, 2.24) is 0 Å². The monoisotopic (exact) mass is 162 g/mol. The molecule has 1 rings (SSSR count). The van der Waals surface area contributed by atoms with Crippen LogP contribution in [-0.4, -0.2) is 0 Å². The fourth-order valence-corrected chi connectivity index (χ4v) is 1.24. The summed E-state index contributed by atoms with van der Waals surface area (Å²) in [6, 6.07) is 11.1. The van der Waals surface area contributed by atoms with Gasteiger partial charge in [0.1, 0.15) is 0 Å². The Labute approximate surface area is 74.6 Å². The lowest BCUT2D eigenvalue weighted by Gasteiger charge is -2.10. The Balaban J connectivity index is 2.48. The van der Waals surface area contributed by atoms with Crippen molar-refractivity contribution in [3.8, 4) is 0 Å². The molecule has 65 valence electrons. The van der Waals surface area contributed by atoms with Gasteiger partial charge in [-0.15, -0.1) is 0 Å². The van der Waals surface area contributed by atoms with Crippen LogP contribution in [0.15, 0.2) is 24.3 Å². The Kier molecular flexibility index (Phi) is 3.81. The van der Waals surface area contributed by atoms with Crippen LogP contribution in [0.5, 0.6) is 0 Å². The summed E-state index contributed by atoms with van der Waals surface area (Å²) in [5, 5.41) is 0. The van der Waals surface area contributed by atoms with E-state index in [2.05, 4.69) is 13.0 Å². The van der Waals surface area contributed by atoms with Gasteiger partial charge in [0, 0.05) is 6.04 Å². The van der Waals surface area contributed by atoms with Crippen molar-refractivity contribution >= 4 is 0 Å². The molecule has 1 nitrogen and oxygen atoms in total. The predicted molar refractivity (Wildman–Crippen MR) is 51.7 cm³/mol. The number of benzene rings is 1. The Morgan fingerprint density at radius 3 is 2.67 bits per heavy atom. The molecule has 0 heterocycles. The molecule has 1 unspecified atom stereocenters. The standard InChI is InChI=1S/C11H16N/c1-2-3-9-11(12)10-7-5-4-6-8-10/h5-8,11H,2-3,9,12H2,1H3. The zero-order valence-electron chi connectivity index (χ0n) is 7.59. The lowest BCUT2D eigenvalue weighted by atomic mass is 10.0. The third-order valence-corrected chi connectivity index (χ3v) is 2.04. The van der Waals surface area contributed by atoms with Crippen molar-refractivity contribution < 1.29 is 0 Å². The minimum Gasteiger partial charge on any atom is -0.324 e. The van der Waals surface area contributed by atoms with Crippen LogP contribution in [0.2, 0.25) is 0 Å². The SMILES string of the molecule is CCCCC(N)c1cc[c]cc1. The number of hydrogen-bond acceptors (Lipinski definition) is 1. The predicted octanol–water partition coefficient (Wildman–Crippen LogP) is 2.68. The van der Waals surface area contributed by atoms with Crippen molar-refractivity contribution in [2.75, 3.05) is 0 Å². The first-order valence-electron chi connectivity index (χ1n) is 4.56. The summed E-state index contributed by atoms with van der Waals surface area (Å²) in [6.45, 7) is 2.19. The third kappa shape index (κ3) is 2.67. The van der Waals surface area contributed by atoms with E-state index in [1.54, 1.807) is 0 Å². The van der Waals surface area contributed by atoms with Gasteiger partial charge < -0.3 is 5.73 Å². The topological polar surface area (TPSA) is 26.0 Å². The molecule has 0 aliphatic heterocycles. The third-order valence-electron chi connectivity index (χ3n) is 2.04. The van der Waals surface area contributed by atoms with Crippen LogP contribution < -0.4 is 5.73 Å². The molecule has 12 heavy (non-hydrogen) atoms. The maximum Gasteiger partial charge on any atom is 0.0294 e. The Bertz CT molecular complexity index is 206. The van der Waals surface area contributed by atoms with Crippen LogP contribution in [0.4, 0.5) is 0 Å². The molecule has 0 aliphatic carbocycles. The molecule has 0 amide bonds. The molecule has 0 aromatic heterocycles. The fourth-order valence-electron chi connectivity index (χ4n) is 1.24. The van der Waals surface area contributed by atoms with Gasteiger partial charge in [-0.1, -0.05) is 44.0 Å². The van der Waals surface area contributed by atoms with E-state index in [-0.39, 0.29) is 6.04 Å². The quantitative estimate of drug-likeness (QED) is 0.723. The van der Waals surface area contributed by atoms with Crippen LogP contribution in [0.25, 0.3) is 0 Å². The van der Waals surface area contributed by atoms with Crippen molar-refractivity contribution in [3.05, 3.63) is 35.9 Å². The fraction of sp³-hybridized carbons (Fsp3) is 0.455. The largest absolute Gasteiger partial charge is 0.324 e. The van der Waals surface area contributed by atoms with E-state index in [9.17, 15) is 0 Å². The summed E-state index contributed by atoms with van der Waals surface area (Å²) in [5.74, 6) is 0. The van der Waals surface area contributed by atoms with Crippen LogP contribution >= 0.6 is 0 Å². The van der Waals surface area contributed by atoms with E-state index in [1.807, 2.05) is 24.3 Å². The van der Waals surface area contributed by atoms with Gasteiger partial charge >= 0.3 is 0 Å². The molecular weight excluding hydrogens is 146 g/mol. The van der Waals surface area contributed by atoms with Gasteiger partial charge in [-0.2, -0.15) is 0 Å². The number of unbranched alkanes of at least 4 members (excludes halogenated alkanes) is 1. The Morgan fingerprint density at radius 1 is 1.42 bits per heavy atom. The summed E-state index contributed by atoms with van der Waals surface area (Å²) < 4.78 is 0. The first-order chi connectivity index (χ1) is 5.84. The molecule has 0 saturated heterocycles. The summed E-state index contributed by atoms with van der Waals surface area (Å²) in [7, 11) is 0. The molecule has 0 spiro atoms. The van der Waals surface area contributed by atoms with E-state index in [4.69, 9.17) is 5.73 Å². The molecule has 1 atom stereocenters. The van der Waals surface area contributed by atoms with Gasteiger partial charge in [-0.25, -0.2) is 0 Å². The second-order valence-corrected chi connectivity index (χ2v) is 3.08. The maximum absolute atomic E-state index is 5.97. The van der Waals surface area contributed by atoms with E-state index in [0.717, 1.165) is 6.42 Å². The summed E-state index contributed by atoms with van der Waals surface area (Å²) in [4.78, 5) is 0. The van der Waals surface area contributed by atoms with Crippen molar-refractivity contribution in [1.29, 1.82) is 0 Å². The van der Waals surface area contributed by atoms with E-state index in [0.29, 0.717) is 0 Å². The van der Waals surface area contributed by atoms with Gasteiger partial charge in [0.15, 0.2) is 0 Å². The zero-order valence-corrected chi connectivity index (χ0v) is 7.59. The van der Waals surface area contributed by atoms with Crippen molar-refractivity contribution in [2.45, 2.75) is 32.2 Å². The second kappa shape index (κ2) is 4.94. The molecule has 0 saturated carbocycles. The van der Waals surface area contributed by atoms with Gasteiger partial charge in [0.05, 0.1) is 0 Å². The van der Waals surface area contributed by atoms with Gasteiger partial charge in [-0.05, 0) is 18.1 Å². The summed E-state index contributed by atoms with van der Waals surface area (Å²) >= 11 is 0. The molecular formula is C11H16N. The average molecular weight is 162 g/mol. The smallest absolute Gasteiger partial charge is 0.0294 e. The minimum atomic E-state index is 0.208. The van der Waals surface area contributed by atoms with Crippen molar-refractivity contribution in [3.63, 3.8) is 0 Å². The van der Waals surface area contributed by atoms with Gasteiger partial charge in [-0.3, -0.25) is 0 Å². The molecule has 2 N–H and O–H groups in total. The molecule has 1 aromatic rings. The van der Waals surface area contributed by atoms with E-state index >= 15 is 0 Å². The highest BCUT2D eigenvalue weighted by Gasteiger charge is 2.02. The van der Waals surface area contributed by atoms with E-state index in [1.165, 1.54) is 18.4 Å². The lowest BCUT2D eigenvalue weighted by molar-refractivity contribution is 0.603. The number of hydrogen-bond donors (Lipinski definition) is 1. The van der Waals surface area contributed by atoms with Crippen LogP contribution in [0.3, 0.4) is 0 Å². The normalized spacial score (nSPS) is 12.8. The van der Waals surface area contributed by atoms with Crippen LogP contribution in [0, 0.1) is 6.07 Å². The Morgan fingerprint density at radius 2 is 2.08 bits per heavy atom. The maximum atomic E-state index is 5.97. The highest BCUT2D eigenvalue weighted by molar-refractivity contribution is 5.17. The minimum absolute atomic E-state index is 0.208. The van der Waals surface area contributed by atoms with E-state index < -0.39 is 0 Å². The average Bonchev–Trinajstić information content (AvgIpc) is 2.15. The lowest BCUT2D eigenvalue weighted by Crippen LogP contribution is -2.09. The highest BCUT2D eigenvalue weighted by Crippen LogP contribution is 2.15. The molecule has 0 aliphatic rings. The van der Waals surface area contributed by atoms with Gasteiger partial charge in [0.2, 0.25) is 0 Å². The highest BCUT2D eigenvalue weighted by atomic mass is 14.6. The van der Waals surface area contributed by atoms with Crippen LogP contribution in [-0.2, 0) is 0 Å². The number of nitrogens with two attached hydrogens (primary N) is 1. The first kappa shape index (κ1) is 9.27. The molecule has 0 bridgehead atoms. The second-order valence-electron chi connectivity index (χ2n) is 3.08. The van der Waals surface area contributed by atoms with Gasteiger partial charge in [0.25, 0.3) is 0 Å². The summed E-state index contributed by atoms with van der Waals surface area (Å²) in [5.41, 5.74) is 7.19.